The lowest BCUT2D eigenvalue weighted by atomic mass is 9.97. The first-order valence-corrected chi connectivity index (χ1v) is 9.55. The summed E-state index contributed by atoms with van der Waals surface area (Å²) in [6, 6.07) is 12.9. The number of nitrogens with zero attached hydrogens (tertiary/aromatic N) is 2. The smallest absolute Gasteiger partial charge is 0.0729 e. The normalized spacial score (nSPS) is 18.7. The van der Waals surface area contributed by atoms with Gasteiger partial charge < -0.3 is 0 Å². The topological polar surface area (TPSA) is 24.7 Å². The molecule has 2 saturated carbocycles. The molecule has 0 aromatic heterocycles. The van der Waals surface area contributed by atoms with Crippen molar-refractivity contribution in [1.82, 2.24) is 0 Å². The first-order chi connectivity index (χ1) is 11.9. The number of hydrogen-bond donors (Lipinski definition) is 0. The second-order valence-electron chi connectivity index (χ2n) is 7.13. The van der Waals surface area contributed by atoms with E-state index in [9.17, 15) is 0 Å². The minimum atomic E-state index is 1.11. The van der Waals surface area contributed by atoms with E-state index in [1.807, 2.05) is 0 Å². The molecule has 2 aliphatic rings. The number of hydrogen-bond acceptors (Lipinski definition) is 2. The third-order valence-electron chi connectivity index (χ3n) is 5.28. The molecule has 0 aliphatic heterocycles. The lowest BCUT2D eigenvalue weighted by molar-refractivity contribution is 0.667. The average molecular weight is 318 g/mol. The highest BCUT2D eigenvalue weighted by molar-refractivity contribution is 6.05. The van der Waals surface area contributed by atoms with Crippen molar-refractivity contribution in [2.75, 3.05) is 0 Å². The van der Waals surface area contributed by atoms with Gasteiger partial charge in [0.05, 0.1) is 11.4 Å². The molecule has 0 heterocycles. The second-order valence-corrected chi connectivity index (χ2v) is 7.13. The molecule has 2 fully saturated rings. The Morgan fingerprint density at radius 2 is 1.00 bits per heavy atom. The van der Waals surface area contributed by atoms with E-state index >= 15 is 0 Å². The largest absolute Gasteiger partial charge is 0.257 e. The molecule has 0 bridgehead atoms. The lowest BCUT2D eigenvalue weighted by Crippen LogP contribution is -2.04. The summed E-state index contributed by atoms with van der Waals surface area (Å²) in [6.45, 7) is 0. The van der Waals surface area contributed by atoms with Gasteiger partial charge in [-0.25, -0.2) is 0 Å². The van der Waals surface area contributed by atoms with Gasteiger partial charge >= 0.3 is 0 Å². The van der Waals surface area contributed by atoms with Gasteiger partial charge in [-0.1, -0.05) is 37.1 Å². The summed E-state index contributed by atoms with van der Waals surface area (Å²) >= 11 is 0. The number of benzene rings is 2. The summed E-state index contributed by atoms with van der Waals surface area (Å²) in [5, 5.41) is 2.49. The maximum absolute atomic E-state index is 5.05. The Bertz CT molecular complexity index is 707. The molecule has 0 radical (unpaired) electrons. The maximum Gasteiger partial charge on any atom is 0.0729 e. The zero-order valence-electron chi connectivity index (χ0n) is 14.4. The number of rotatable bonds is 2. The van der Waals surface area contributed by atoms with Crippen molar-refractivity contribution in [1.29, 1.82) is 0 Å². The third-order valence-corrected chi connectivity index (χ3v) is 5.28. The Balaban J connectivity index is 1.79. The molecule has 2 aromatic carbocycles. The van der Waals surface area contributed by atoms with Crippen molar-refractivity contribution in [3.63, 3.8) is 0 Å². The molecule has 2 aromatic rings. The molecule has 2 nitrogen and oxygen atoms in total. The molecule has 124 valence electrons. The predicted molar refractivity (Wildman–Crippen MR) is 104 cm³/mol. The van der Waals surface area contributed by atoms with Gasteiger partial charge in [0.2, 0.25) is 0 Å². The molecule has 0 unspecified atom stereocenters. The fraction of sp³-hybridized carbons (Fsp3) is 0.455. The molecule has 0 atom stereocenters. The Kier molecular flexibility index (Phi) is 4.73. The summed E-state index contributed by atoms with van der Waals surface area (Å²) in [7, 11) is 0. The van der Waals surface area contributed by atoms with Gasteiger partial charge in [0.1, 0.15) is 0 Å². The van der Waals surface area contributed by atoms with Gasteiger partial charge in [-0.3, -0.25) is 9.98 Å². The van der Waals surface area contributed by atoms with Crippen molar-refractivity contribution in [3.8, 4) is 0 Å². The van der Waals surface area contributed by atoms with Crippen LogP contribution in [0, 0.1) is 0 Å². The molecule has 24 heavy (non-hydrogen) atoms. The van der Waals surface area contributed by atoms with Gasteiger partial charge in [-0.15, -0.1) is 0 Å². The number of fused-ring (bicyclic) bond motifs is 1. The summed E-state index contributed by atoms with van der Waals surface area (Å²) in [5.41, 5.74) is 4.96. The van der Waals surface area contributed by atoms with Gasteiger partial charge in [-0.05, 0) is 68.9 Å². The SMILES string of the molecule is c1cc(N=C2CCCCC2)c2c(N=C3CCCCC3)cccc2c1. The zero-order valence-corrected chi connectivity index (χ0v) is 14.4. The first kappa shape index (κ1) is 15.6. The Morgan fingerprint density at radius 1 is 0.542 bits per heavy atom. The van der Waals surface area contributed by atoms with Crippen LogP contribution in [-0.4, -0.2) is 11.4 Å². The van der Waals surface area contributed by atoms with Crippen LogP contribution in [0.4, 0.5) is 11.4 Å². The monoisotopic (exact) mass is 318 g/mol. The maximum atomic E-state index is 5.05. The third kappa shape index (κ3) is 3.43. The molecule has 0 saturated heterocycles. The fourth-order valence-electron chi connectivity index (χ4n) is 3.97. The highest BCUT2D eigenvalue weighted by Crippen LogP contribution is 2.36. The average Bonchev–Trinajstić information content (AvgIpc) is 2.64. The minimum absolute atomic E-state index is 1.11. The fourth-order valence-corrected chi connectivity index (χ4v) is 3.97. The number of aliphatic imine (C=N–C) groups is 2. The molecular weight excluding hydrogens is 292 g/mol. The van der Waals surface area contributed by atoms with Crippen LogP contribution in [0.2, 0.25) is 0 Å². The van der Waals surface area contributed by atoms with E-state index in [2.05, 4.69) is 36.4 Å². The van der Waals surface area contributed by atoms with Crippen LogP contribution in [-0.2, 0) is 0 Å². The van der Waals surface area contributed by atoms with Crippen LogP contribution in [0.15, 0.2) is 46.4 Å². The van der Waals surface area contributed by atoms with Crippen molar-refractivity contribution in [2.45, 2.75) is 64.2 Å². The standard InChI is InChI=1S/C22H26N2/c1-3-11-18(12-4-1)23-20-15-7-9-17-10-8-16-21(22(17)20)24-19-13-5-2-6-14-19/h7-10,15-16H,1-6,11-14H2. The van der Waals surface area contributed by atoms with Crippen molar-refractivity contribution in [2.24, 2.45) is 9.98 Å². The highest BCUT2D eigenvalue weighted by atomic mass is 14.8. The van der Waals surface area contributed by atoms with Crippen molar-refractivity contribution >= 4 is 33.6 Å². The minimum Gasteiger partial charge on any atom is -0.257 e. The van der Waals surface area contributed by atoms with E-state index in [1.165, 1.54) is 60.7 Å². The van der Waals surface area contributed by atoms with E-state index in [4.69, 9.17) is 9.98 Å². The van der Waals surface area contributed by atoms with E-state index in [0.29, 0.717) is 0 Å². The van der Waals surface area contributed by atoms with Crippen LogP contribution < -0.4 is 0 Å². The van der Waals surface area contributed by atoms with Gasteiger partial charge in [-0.2, -0.15) is 0 Å². The summed E-state index contributed by atoms with van der Waals surface area (Å²) in [6.07, 6.45) is 12.5. The van der Waals surface area contributed by atoms with Crippen molar-refractivity contribution < 1.29 is 0 Å². The molecule has 2 heteroatoms. The zero-order chi connectivity index (χ0) is 16.2. The molecule has 0 amide bonds. The Morgan fingerprint density at radius 3 is 1.46 bits per heavy atom. The van der Waals surface area contributed by atoms with Crippen LogP contribution in [0.5, 0.6) is 0 Å². The molecule has 2 aliphatic carbocycles. The summed E-state index contributed by atoms with van der Waals surface area (Å²) < 4.78 is 0. The van der Waals surface area contributed by atoms with Crippen molar-refractivity contribution in [3.05, 3.63) is 36.4 Å². The Hall–Kier alpha value is -1.96. The van der Waals surface area contributed by atoms with Gasteiger partial charge in [0.25, 0.3) is 0 Å². The van der Waals surface area contributed by atoms with Gasteiger partial charge in [0, 0.05) is 16.8 Å². The first-order valence-electron chi connectivity index (χ1n) is 9.55. The van der Waals surface area contributed by atoms with E-state index in [-0.39, 0.29) is 0 Å². The molecule has 0 spiro atoms. The molecular formula is C22H26N2. The van der Waals surface area contributed by atoms with Crippen LogP contribution in [0.1, 0.15) is 64.2 Å². The van der Waals surface area contributed by atoms with Crippen LogP contribution in [0.3, 0.4) is 0 Å². The van der Waals surface area contributed by atoms with E-state index < -0.39 is 0 Å². The summed E-state index contributed by atoms with van der Waals surface area (Å²) in [4.78, 5) is 10.1. The molecule has 4 rings (SSSR count). The van der Waals surface area contributed by atoms with E-state index in [1.54, 1.807) is 0 Å². The van der Waals surface area contributed by atoms with Crippen LogP contribution in [0.25, 0.3) is 10.8 Å². The Labute approximate surface area is 144 Å². The quantitative estimate of drug-likeness (QED) is 0.574. The van der Waals surface area contributed by atoms with Gasteiger partial charge in [0.15, 0.2) is 0 Å². The highest BCUT2D eigenvalue weighted by Gasteiger charge is 2.12. The predicted octanol–water partition coefficient (Wildman–Crippen LogP) is 6.91. The van der Waals surface area contributed by atoms with Crippen LogP contribution >= 0.6 is 0 Å². The summed E-state index contributed by atoms with van der Waals surface area (Å²) in [5.74, 6) is 0. The lowest BCUT2D eigenvalue weighted by Gasteiger charge is -2.15. The molecule has 0 N–H and O–H groups in total. The second kappa shape index (κ2) is 7.29. The van der Waals surface area contributed by atoms with E-state index in [0.717, 1.165) is 37.1 Å².